The van der Waals surface area contributed by atoms with Gasteiger partial charge in [-0.1, -0.05) is 95.3 Å². The van der Waals surface area contributed by atoms with E-state index in [2.05, 4.69) is 21.2 Å². The normalized spacial score (nSPS) is 14.5. The van der Waals surface area contributed by atoms with E-state index in [0.29, 0.717) is 22.7 Å². The molecule has 1 unspecified atom stereocenters. The Bertz CT molecular complexity index is 1530. The van der Waals surface area contributed by atoms with Crippen molar-refractivity contribution in [1.29, 1.82) is 0 Å². The first-order valence-electron chi connectivity index (χ1n) is 15.1. The molecule has 4 rings (SSSR count). The summed E-state index contributed by atoms with van der Waals surface area (Å²) >= 11 is 9.83. The highest BCUT2D eigenvalue weighted by Gasteiger charge is 2.32. The lowest BCUT2D eigenvalue weighted by Crippen LogP contribution is -2.53. The molecule has 0 radical (unpaired) electrons. The fraction of sp³-hybridized carbons (Fsp3) is 0.412. The van der Waals surface area contributed by atoms with Gasteiger partial charge < -0.3 is 10.2 Å². The van der Waals surface area contributed by atoms with E-state index in [1.165, 1.54) is 10.7 Å². The molecule has 7 nitrogen and oxygen atoms in total. The summed E-state index contributed by atoms with van der Waals surface area (Å²) in [5.74, 6) is -0.364. The molecule has 0 heterocycles. The molecule has 44 heavy (non-hydrogen) atoms. The molecule has 1 aliphatic rings. The third-order valence-corrected chi connectivity index (χ3v) is 10.2. The zero-order chi connectivity index (χ0) is 31.7. The summed E-state index contributed by atoms with van der Waals surface area (Å²) in [7, 11) is -3.64. The molecule has 2 amide bonds. The minimum atomic E-state index is -3.64. The fourth-order valence-corrected chi connectivity index (χ4v) is 7.41. The Morgan fingerprint density at radius 1 is 0.977 bits per heavy atom. The van der Waals surface area contributed by atoms with Gasteiger partial charge in [-0.05, 0) is 67.1 Å². The van der Waals surface area contributed by atoms with Crippen molar-refractivity contribution in [3.8, 4) is 0 Å². The Morgan fingerprint density at radius 2 is 1.66 bits per heavy atom. The first kappa shape index (κ1) is 34.0. The summed E-state index contributed by atoms with van der Waals surface area (Å²) in [4.78, 5) is 29.7. The molecule has 3 aromatic rings. The van der Waals surface area contributed by atoms with Crippen molar-refractivity contribution in [2.75, 3.05) is 17.1 Å². The van der Waals surface area contributed by atoms with Crippen LogP contribution in [-0.4, -0.2) is 50.0 Å². The van der Waals surface area contributed by atoms with Crippen LogP contribution in [0.15, 0.2) is 77.3 Å². The molecule has 10 heteroatoms. The van der Waals surface area contributed by atoms with Crippen molar-refractivity contribution in [2.45, 2.75) is 76.9 Å². The number of hydrogen-bond acceptors (Lipinski definition) is 4. The lowest BCUT2D eigenvalue weighted by molar-refractivity contribution is -0.141. The molecule has 1 atom stereocenters. The number of amides is 2. The minimum absolute atomic E-state index is 0.0711. The maximum atomic E-state index is 14.1. The third-order valence-electron chi connectivity index (χ3n) is 8.12. The largest absolute Gasteiger partial charge is 0.352 e. The van der Waals surface area contributed by atoms with Gasteiger partial charge in [0.2, 0.25) is 21.8 Å². The highest BCUT2D eigenvalue weighted by molar-refractivity contribution is 9.10. The van der Waals surface area contributed by atoms with Crippen LogP contribution in [0, 0.1) is 6.92 Å². The van der Waals surface area contributed by atoms with Crippen molar-refractivity contribution in [2.24, 2.45) is 0 Å². The Kier molecular flexibility index (Phi) is 12.3. The zero-order valence-corrected chi connectivity index (χ0v) is 28.5. The number of anilines is 1. The maximum Gasteiger partial charge on any atom is 0.243 e. The predicted octanol–water partition coefficient (Wildman–Crippen LogP) is 7.05. The Hall–Kier alpha value is -2.88. The summed E-state index contributed by atoms with van der Waals surface area (Å²) < 4.78 is 27.8. The average molecular weight is 703 g/mol. The van der Waals surface area contributed by atoms with Crippen LogP contribution in [-0.2, 0) is 32.6 Å². The number of benzene rings is 3. The van der Waals surface area contributed by atoms with Gasteiger partial charge in [-0.2, -0.15) is 0 Å². The molecule has 0 saturated heterocycles. The molecule has 0 bridgehead atoms. The first-order chi connectivity index (χ1) is 21.0. The number of hydrogen-bond donors (Lipinski definition) is 1. The van der Waals surface area contributed by atoms with Gasteiger partial charge in [-0.25, -0.2) is 8.42 Å². The molecule has 1 saturated carbocycles. The quantitative estimate of drug-likeness (QED) is 0.207. The Morgan fingerprint density at radius 3 is 2.34 bits per heavy atom. The van der Waals surface area contributed by atoms with Crippen LogP contribution >= 0.6 is 27.5 Å². The van der Waals surface area contributed by atoms with Crippen molar-refractivity contribution in [1.82, 2.24) is 10.2 Å². The lowest BCUT2D eigenvalue weighted by Gasteiger charge is -2.34. The van der Waals surface area contributed by atoms with E-state index in [-0.39, 0.29) is 43.8 Å². The second-order valence-electron chi connectivity index (χ2n) is 11.5. The van der Waals surface area contributed by atoms with E-state index >= 15 is 0 Å². The zero-order valence-electron chi connectivity index (χ0n) is 25.3. The molecule has 0 spiro atoms. The first-order valence-corrected chi connectivity index (χ1v) is 18.2. The van der Waals surface area contributed by atoms with Gasteiger partial charge in [0.15, 0.2) is 0 Å². The summed E-state index contributed by atoms with van der Waals surface area (Å²) in [5.41, 5.74) is 3.00. The topological polar surface area (TPSA) is 86.8 Å². The van der Waals surface area contributed by atoms with Crippen molar-refractivity contribution < 1.29 is 18.0 Å². The highest BCUT2D eigenvalue weighted by atomic mass is 79.9. The maximum absolute atomic E-state index is 14.1. The second-order valence-corrected chi connectivity index (χ2v) is 14.8. The van der Waals surface area contributed by atoms with Crippen LogP contribution < -0.4 is 9.62 Å². The highest BCUT2D eigenvalue weighted by Crippen LogP contribution is 2.29. The van der Waals surface area contributed by atoms with Crippen LogP contribution in [0.2, 0.25) is 5.02 Å². The van der Waals surface area contributed by atoms with E-state index in [1.807, 2.05) is 54.6 Å². The average Bonchev–Trinajstić information content (AvgIpc) is 2.99. The van der Waals surface area contributed by atoms with E-state index in [9.17, 15) is 18.0 Å². The van der Waals surface area contributed by atoms with E-state index in [0.717, 1.165) is 47.5 Å². The van der Waals surface area contributed by atoms with Crippen molar-refractivity contribution in [3.05, 3.63) is 99.0 Å². The van der Waals surface area contributed by atoms with Gasteiger partial charge in [-0.3, -0.25) is 13.9 Å². The number of nitrogens with one attached hydrogen (secondary N) is 1. The van der Waals surface area contributed by atoms with Crippen LogP contribution in [0.3, 0.4) is 0 Å². The number of carbonyl (C=O) groups excluding carboxylic acids is 2. The summed E-state index contributed by atoms with van der Waals surface area (Å²) in [6, 6.07) is 22.0. The van der Waals surface area contributed by atoms with Gasteiger partial charge in [0, 0.05) is 41.5 Å². The third kappa shape index (κ3) is 9.56. The number of sulfonamides is 1. The Balaban J connectivity index is 1.60. The molecule has 1 fully saturated rings. The van der Waals surface area contributed by atoms with Gasteiger partial charge >= 0.3 is 0 Å². The number of carbonyl (C=O) groups is 2. The number of nitrogens with zero attached hydrogens (tertiary/aromatic N) is 2. The standard InChI is InChI=1S/C34H41BrClN3O4S/c1-25-30(36)18-10-19-31(25)39(44(2,42)43)21-11-20-33(40)38(24-27-14-9-15-28(35)22-27)32(23-26-12-5-3-6-13-26)34(41)37-29-16-7-4-8-17-29/h3,5-6,9-10,12-15,18-19,22,29,32H,4,7-8,11,16-17,20-21,23-24H2,1-2H3,(H,37,41). The van der Waals surface area contributed by atoms with Gasteiger partial charge in [0.05, 0.1) is 11.9 Å². The second kappa shape index (κ2) is 15.9. The smallest absolute Gasteiger partial charge is 0.243 e. The molecule has 0 aromatic heterocycles. The van der Waals surface area contributed by atoms with E-state index in [1.54, 1.807) is 30.0 Å². The molecular formula is C34H41BrClN3O4S. The van der Waals surface area contributed by atoms with Gasteiger partial charge in [0.25, 0.3) is 0 Å². The van der Waals surface area contributed by atoms with Gasteiger partial charge in [-0.15, -0.1) is 0 Å². The molecule has 1 N–H and O–H groups in total. The number of rotatable bonds is 13. The molecule has 0 aliphatic heterocycles. The van der Waals surface area contributed by atoms with E-state index < -0.39 is 16.1 Å². The Labute approximate surface area is 275 Å². The van der Waals surface area contributed by atoms with Crippen LogP contribution in [0.1, 0.15) is 61.6 Å². The fourth-order valence-electron chi connectivity index (χ4n) is 5.78. The molecular weight excluding hydrogens is 662 g/mol. The van der Waals surface area contributed by atoms with E-state index in [4.69, 9.17) is 11.6 Å². The number of halogens is 2. The molecule has 1 aliphatic carbocycles. The predicted molar refractivity (Wildman–Crippen MR) is 181 cm³/mol. The monoisotopic (exact) mass is 701 g/mol. The minimum Gasteiger partial charge on any atom is -0.352 e. The van der Waals surface area contributed by atoms with Crippen LogP contribution in [0.5, 0.6) is 0 Å². The van der Waals surface area contributed by atoms with Gasteiger partial charge in [0.1, 0.15) is 6.04 Å². The molecule has 3 aromatic carbocycles. The van der Waals surface area contributed by atoms with Crippen LogP contribution in [0.4, 0.5) is 5.69 Å². The summed E-state index contributed by atoms with van der Waals surface area (Å²) in [6.45, 7) is 2.13. The lowest BCUT2D eigenvalue weighted by atomic mass is 9.94. The van der Waals surface area contributed by atoms with Crippen molar-refractivity contribution >= 4 is 55.1 Å². The van der Waals surface area contributed by atoms with Crippen LogP contribution in [0.25, 0.3) is 0 Å². The SMILES string of the molecule is Cc1c(Cl)cccc1N(CCCC(=O)N(Cc1cccc(Br)c1)C(Cc1ccccc1)C(=O)NC1CCCCC1)S(C)(=O)=O. The summed E-state index contributed by atoms with van der Waals surface area (Å²) in [6.07, 6.45) is 7.08. The van der Waals surface area contributed by atoms with Crippen molar-refractivity contribution in [3.63, 3.8) is 0 Å². The molecule has 236 valence electrons. The summed E-state index contributed by atoms with van der Waals surface area (Å²) in [5, 5.41) is 3.73.